The molecule has 0 amide bonds. The van der Waals surface area contributed by atoms with E-state index in [9.17, 15) is 0 Å². The van der Waals surface area contributed by atoms with Gasteiger partial charge in [-0.3, -0.25) is 0 Å². The van der Waals surface area contributed by atoms with E-state index in [1.165, 1.54) is 105 Å². The number of hydrogen-bond donors (Lipinski definition) is 0. The Morgan fingerprint density at radius 1 is 0.452 bits per heavy atom. The van der Waals surface area contributed by atoms with E-state index in [0.717, 1.165) is 30.6 Å². The SMILES string of the molecule is C1=CCC2C=Cc3c(c4ccccc4n3-c3ccc4c(c3)n(C3=CCCC=C3)c3c5ccc(-n6c7ccccc7c7c8ccccc8ccc76)cc5n(-c5ccccc5)c43)C2=C1. The molecule has 14 rings (SSSR count). The molecule has 0 spiro atoms. The Labute approximate surface area is 358 Å². The molecule has 0 bridgehead atoms. The summed E-state index contributed by atoms with van der Waals surface area (Å²) >= 11 is 0. The van der Waals surface area contributed by atoms with E-state index in [0.29, 0.717) is 5.92 Å². The van der Waals surface area contributed by atoms with E-state index < -0.39 is 0 Å². The molecular weight excluding hydrogens is 753 g/mol. The third-order valence-electron chi connectivity index (χ3n) is 13.8. The number of allylic oxidation sites excluding steroid dienone is 9. The highest BCUT2D eigenvalue weighted by atomic mass is 15.1. The monoisotopic (exact) mass is 792 g/mol. The highest BCUT2D eigenvalue weighted by Crippen LogP contribution is 2.47. The van der Waals surface area contributed by atoms with Crippen LogP contribution in [0.1, 0.15) is 30.5 Å². The van der Waals surface area contributed by atoms with Crippen molar-refractivity contribution in [1.29, 1.82) is 0 Å². The van der Waals surface area contributed by atoms with E-state index in [1.54, 1.807) is 0 Å². The summed E-state index contributed by atoms with van der Waals surface area (Å²) in [7, 11) is 0. The Bertz CT molecular complexity index is 3890. The second-order valence-electron chi connectivity index (χ2n) is 17.1. The lowest BCUT2D eigenvalue weighted by Gasteiger charge is -2.23. The van der Waals surface area contributed by atoms with Crippen molar-refractivity contribution in [2.24, 2.45) is 5.92 Å². The first-order valence-electron chi connectivity index (χ1n) is 22.0. The molecule has 0 fully saturated rings. The van der Waals surface area contributed by atoms with Gasteiger partial charge in [-0.15, -0.1) is 0 Å². The third kappa shape index (κ3) is 4.61. The maximum atomic E-state index is 2.55. The molecule has 0 aliphatic heterocycles. The molecule has 4 nitrogen and oxygen atoms in total. The fraction of sp³-hybridized carbons (Fsp3) is 0.0690. The zero-order valence-electron chi connectivity index (χ0n) is 34.0. The van der Waals surface area contributed by atoms with Gasteiger partial charge in [-0.2, -0.15) is 0 Å². The molecule has 1 atom stereocenters. The van der Waals surface area contributed by atoms with E-state index in [2.05, 4.69) is 219 Å². The standard InChI is InChI=1S/C58H40N4/c1-3-17-39(18-4-1)61-53-35-41(59-49-25-13-11-23-45(49)55-43-21-9-7-15-37(43)27-33-51(55)59)29-31-47(53)58-57(61)48-32-30-42(36-54(48)62(58)40-19-5-2-6-20-40)60-50-26-14-12-24-46(50)56-44-22-10-8-16-38(44)28-34-52(56)60/h1,3-5,7-15,17-36,38H,2,6,16H2. The van der Waals surface area contributed by atoms with Crippen LogP contribution in [0.2, 0.25) is 0 Å². The van der Waals surface area contributed by atoms with Crippen LogP contribution in [0.5, 0.6) is 0 Å². The number of para-hydroxylation sites is 3. The number of nitrogens with zero attached hydrogens (tertiary/aromatic N) is 4. The van der Waals surface area contributed by atoms with Gasteiger partial charge in [-0.1, -0.05) is 121 Å². The molecule has 4 heteroatoms. The minimum atomic E-state index is 0.416. The quantitative estimate of drug-likeness (QED) is 0.169. The molecule has 1 unspecified atom stereocenters. The minimum Gasteiger partial charge on any atom is -0.309 e. The summed E-state index contributed by atoms with van der Waals surface area (Å²) in [6.45, 7) is 0. The number of aromatic nitrogens is 4. The third-order valence-corrected chi connectivity index (χ3v) is 13.8. The summed E-state index contributed by atoms with van der Waals surface area (Å²) in [6.07, 6.45) is 21.8. The van der Waals surface area contributed by atoms with Crippen LogP contribution in [0.15, 0.2) is 194 Å². The fourth-order valence-corrected chi connectivity index (χ4v) is 11.2. The summed E-state index contributed by atoms with van der Waals surface area (Å²) in [4.78, 5) is 0. The van der Waals surface area contributed by atoms with Gasteiger partial charge in [0.2, 0.25) is 0 Å². The van der Waals surface area contributed by atoms with Crippen molar-refractivity contribution < 1.29 is 0 Å². The van der Waals surface area contributed by atoms with Gasteiger partial charge in [0.05, 0.1) is 44.3 Å². The van der Waals surface area contributed by atoms with Crippen molar-refractivity contribution in [2.75, 3.05) is 0 Å². The van der Waals surface area contributed by atoms with Gasteiger partial charge < -0.3 is 18.3 Å². The molecule has 0 saturated carbocycles. The summed E-state index contributed by atoms with van der Waals surface area (Å²) in [6, 6.07) is 56.4. The molecule has 3 aliphatic carbocycles. The van der Waals surface area contributed by atoms with Crippen LogP contribution in [-0.4, -0.2) is 18.3 Å². The molecule has 0 radical (unpaired) electrons. The Morgan fingerprint density at radius 3 is 1.95 bits per heavy atom. The summed E-state index contributed by atoms with van der Waals surface area (Å²) < 4.78 is 10.0. The lowest BCUT2D eigenvalue weighted by molar-refractivity contribution is 0.840. The molecule has 7 aromatic carbocycles. The Hall–Kier alpha value is -7.82. The summed E-state index contributed by atoms with van der Waals surface area (Å²) in [5.41, 5.74) is 17.2. The highest BCUT2D eigenvalue weighted by Gasteiger charge is 2.29. The smallest absolute Gasteiger partial charge is 0.0803 e. The van der Waals surface area contributed by atoms with Gasteiger partial charge in [-0.05, 0) is 114 Å². The summed E-state index contributed by atoms with van der Waals surface area (Å²) in [5.74, 6) is 0.416. The van der Waals surface area contributed by atoms with Crippen molar-refractivity contribution in [3.63, 3.8) is 0 Å². The number of benzene rings is 7. The number of rotatable bonds is 4. The summed E-state index contributed by atoms with van der Waals surface area (Å²) in [5, 5.41) is 8.88. The molecule has 0 saturated heterocycles. The normalized spacial score (nSPS) is 16.0. The average molecular weight is 793 g/mol. The molecule has 4 aromatic heterocycles. The minimum absolute atomic E-state index is 0.416. The predicted octanol–water partition coefficient (Wildman–Crippen LogP) is 15.1. The zero-order valence-corrected chi connectivity index (χ0v) is 34.0. The molecule has 292 valence electrons. The first-order chi connectivity index (χ1) is 30.8. The molecule has 11 aromatic rings. The van der Waals surface area contributed by atoms with E-state index >= 15 is 0 Å². The molecule has 62 heavy (non-hydrogen) atoms. The Morgan fingerprint density at radius 2 is 1.15 bits per heavy atom. The van der Waals surface area contributed by atoms with Crippen molar-refractivity contribution in [3.05, 3.63) is 205 Å². The Balaban J connectivity index is 1.07. The molecule has 0 N–H and O–H groups in total. The molecular formula is C58H40N4. The molecule has 4 heterocycles. The van der Waals surface area contributed by atoms with Crippen LogP contribution in [0.3, 0.4) is 0 Å². The van der Waals surface area contributed by atoms with Crippen LogP contribution in [0.25, 0.3) is 111 Å². The predicted molar refractivity (Wildman–Crippen MR) is 262 cm³/mol. The number of hydrogen-bond acceptors (Lipinski definition) is 0. The van der Waals surface area contributed by atoms with Gasteiger partial charge in [0.1, 0.15) is 0 Å². The van der Waals surface area contributed by atoms with E-state index in [-0.39, 0.29) is 0 Å². The lowest BCUT2D eigenvalue weighted by Crippen LogP contribution is -2.08. The second kappa shape index (κ2) is 12.8. The Kier molecular flexibility index (Phi) is 7.03. The molecule has 3 aliphatic rings. The largest absolute Gasteiger partial charge is 0.309 e. The van der Waals surface area contributed by atoms with Gasteiger partial charge in [-0.25, -0.2) is 0 Å². The van der Waals surface area contributed by atoms with Crippen molar-refractivity contribution in [1.82, 2.24) is 18.3 Å². The van der Waals surface area contributed by atoms with Crippen LogP contribution < -0.4 is 0 Å². The van der Waals surface area contributed by atoms with Crippen LogP contribution >= 0.6 is 0 Å². The van der Waals surface area contributed by atoms with Gasteiger partial charge in [0.25, 0.3) is 0 Å². The van der Waals surface area contributed by atoms with E-state index in [1.807, 2.05) is 0 Å². The van der Waals surface area contributed by atoms with Crippen LogP contribution in [-0.2, 0) is 0 Å². The zero-order chi connectivity index (χ0) is 40.5. The topological polar surface area (TPSA) is 19.7 Å². The second-order valence-corrected chi connectivity index (χ2v) is 17.1. The first-order valence-corrected chi connectivity index (χ1v) is 22.0. The van der Waals surface area contributed by atoms with Gasteiger partial charge in [0, 0.05) is 61.2 Å². The first kappa shape index (κ1) is 34.0. The van der Waals surface area contributed by atoms with E-state index in [4.69, 9.17) is 0 Å². The van der Waals surface area contributed by atoms with Crippen molar-refractivity contribution >= 4 is 93.7 Å². The number of fused-ring (bicyclic) bond motifs is 15. The van der Waals surface area contributed by atoms with Crippen molar-refractivity contribution in [2.45, 2.75) is 19.3 Å². The van der Waals surface area contributed by atoms with Gasteiger partial charge >= 0.3 is 0 Å². The lowest BCUT2D eigenvalue weighted by atomic mass is 9.82. The average Bonchev–Trinajstić information content (AvgIpc) is 4.06. The van der Waals surface area contributed by atoms with Crippen molar-refractivity contribution in [3.8, 4) is 17.1 Å². The maximum Gasteiger partial charge on any atom is 0.0803 e. The fourth-order valence-electron chi connectivity index (χ4n) is 11.2. The highest BCUT2D eigenvalue weighted by molar-refractivity contribution is 6.23. The maximum absolute atomic E-state index is 2.55. The van der Waals surface area contributed by atoms with Crippen LogP contribution in [0.4, 0.5) is 0 Å². The van der Waals surface area contributed by atoms with Gasteiger partial charge in [0.15, 0.2) is 0 Å². The van der Waals surface area contributed by atoms with Crippen LogP contribution in [0, 0.1) is 5.92 Å².